The molecule has 0 N–H and O–H groups in total. The molecule has 114 valence electrons. The summed E-state index contributed by atoms with van der Waals surface area (Å²) in [5.74, 6) is 0.212. The SMILES string of the molecule is CC(C)Cc1ccc(C(C)C(=O)OCCC[Se]C#N)cc1. The molecule has 0 aromatic heterocycles. The monoisotopic (exact) mass is 353 g/mol. The Bertz CT molecular complexity index is 477. The van der Waals surface area contributed by atoms with E-state index < -0.39 is 0 Å². The van der Waals surface area contributed by atoms with E-state index in [1.807, 2.05) is 19.1 Å². The molecule has 21 heavy (non-hydrogen) atoms. The van der Waals surface area contributed by atoms with Gasteiger partial charge < -0.3 is 0 Å². The molecule has 0 aliphatic carbocycles. The van der Waals surface area contributed by atoms with Gasteiger partial charge in [0, 0.05) is 0 Å². The van der Waals surface area contributed by atoms with Crippen LogP contribution in [0, 0.1) is 16.1 Å². The molecule has 0 aliphatic heterocycles. The summed E-state index contributed by atoms with van der Waals surface area (Å²) in [6, 6.07) is 8.22. The molecule has 0 fully saturated rings. The summed E-state index contributed by atoms with van der Waals surface area (Å²) in [5.41, 5.74) is 2.29. The summed E-state index contributed by atoms with van der Waals surface area (Å²) in [6.45, 7) is 6.68. The Labute approximate surface area is 133 Å². The van der Waals surface area contributed by atoms with Crippen molar-refractivity contribution in [2.45, 2.75) is 44.9 Å². The first-order valence-electron chi connectivity index (χ1n) is 7.31. The number of esters is 1. The van der Waals surface area contributed by atoms with E-state index in [4.69, 9.17) is 10.00 Å². The zero-order valence-electron chi connectivity index (χ0n) is 13.0. The molecule has 0 amide bonds. The molecule has 1 aromatic rings. The minimum absolute atomic E-state index is 0.0181. The predicted molar refractivity (Wildman–Crippen MR) is 85.1 cm³/mol. The molecule has 0 heterocycles. The molecule has 4 heteroatoms. The summed E-state index contributed by atoms with van der Waals surface area (Å²) in [7, 11) is 0. The van der Waals surface area contributed by atoms with Gasteiger partial charge in [0.25, 0.3) is 0 Å². The molecule has 3 nitrogen and oxygen atoms in total. The first-order valence-corrected chi connectivity index (χ1v) is 9.37. The van der Waals surface area contributed by atoms with Crippen LogP contribution >= 0.6 is 0 Å². The van der Waals surface area contributed by atoms with Gasteiger partial charge in [0.15, 0.2) is 0 Å². The molecule has 0 saturated heterocycles. The number of hydrogen-bond acceptors (Lipinski definition) is 3. The quantitative estimate of drug-likeness (QED) is 0.409. The van der Waals surface area contributed by atoms with E-state index in [1.165, 1.54) is 5.56 Å². The Morgan fingerprint density at radius 3 is 2.52 bits per heavy atom. The van der Waals surface area contributed by atoms with Crippen molar-refractivity contribution in [3.05, 3.63) is 35.4 Å². The van der Waals surface area contributed by atoms with E-state index in [0.717, 1.165) is 23.7 Å². The van der Waals surface area contributed by atoms with Crippen molar-refractivity contribution in [3.8, 4) is 4.97 Å². The van der Waals surface area contributed by atoms with Gasteiger partial charge in [-0.25, -0.2) is 0 Å². The van der Waals surface area contributed by atoms with Crippen molar-refractivity contribution >= 4 is 20.9 Å². The van der Waals surface area contributed by atoms with E-state index in [9.17, 15) is 4.79 Å². The van der Waals surface area contributed by atoms with E-state index in [1.54, 1.807) is 0 Å². The number of benzene rings is 1. The topological polar surface area (TPSA) is 50.1 Å². The second kappa shape index (κ2) is 9.60. The fraction of sp³-hybridized carbons (Fsp3) is 0.529. The van der Waals surface area contributed by atoms with Gasteiger partial charge in [-0.2, -0.15) is 0 Å². The van der Waals surface area contributed by atoms with E-state index in [-0.39, 0.29) is 26.8 Å². The van der Waals surface area contributed by atoms with Gasteiger partial charge in [-0.1, -0.05) is 13.8 Å². The zero-order valence-corrected chi connectivity index (χ0v) is 14.7. The van der Waals surface area contributed by atoms with Crippen molar-refractivity contribution in [1.82, 2.24) is 0 Å². The van der Waals surface area contributed by atoms with Crippen LogP contribution in [0.3, 0.4) is 0 Å². The number of hydrogen-bond donors (Lipinski definition) is 0. The molecule has 0 aliphatic rings. The summed E-state index contributed by atoms with van der Waals surface area (Å²) in [6.07, 6.45) is 1.83. The number of ether oxygens (including phenoxy) is 1. The van der Waals surface area contributed by atoms with Gasteiger partial charge in [-0.05, 0) is 0 Å². The van der Waals surface area contributed by atoms with Crippen LogP contribution in [0.25, 0.3) is 0 Å². The Morgan fingerprint density at radius 1 is 1.29 bits per heavy atom. The number of nitriles is 1. The number of carbonyl (C=O) groups excluding carboxylic acids is 1. The fourth-order valence-corrected chi connectivity index (χ4v) is 2.77. The number of nitrogens with zero attached hydrogens (tertiary/aromatic N) is 1. The second-order valence-corrected chi connectivity index (χ2v) is 7.37. The normalized spacial score (nSPS) is 12.0. The average Bonchev–Trinajstić information content (AvgIpc) is 2.46. The van der Waals surface area contributed by atoms with Crippen LogP contribution in [0.15, 0.2) is 24.3 Å². The average molecular weight is 352 g/mol. The zero-order chi connectivity index (χ0) is 15.7. The molecular weight excluding hydrogens is 329 g/mol. The van der Waals surface area contributed by atoms with Crippen molar-refractivity contribution in [2.24, 2.45) is 5.92 Å². The van der Waals surface area contributed by atoms with Crippen LogP contribution in [0.4, 0.5) is 0 Å². The molecule has 1 rings (SSSR count). The molecule has 1 aromatic carbocycles. The standard InChI is InChI=1S/C17H23NO2Se/c1-13(2)11-15-5-7-16(8-6-15)14(3)17(19)20-9-4-10-21-12-18/h5-8,13-14H,4,9-11H2,1-3H3. The molecule has 0 radical (unpaired) electrons. The number of rotatable bonds is 8. The Kier molecular flexibility index (Phi) is 8.12. The van der Waals surface area contributed by atoms with Crippen LogP contribution in [0.2, 0.25) is 5.32 Å². The van der Waals surface area contributed by atoms with Crippen LogP contribution in [0.1, 0.15) is 44.2 Å². The molecule has 1 unspecified atom stereocenters. The van der Waals surface area contributed by atoms with E-state index >= 15 is 0 Å². The summed E-state index contributed by atoms with van der Waals surface area (Å²) >= 11 is 0.0181. The first-order chi connectivity index (χ1) is 10.0. The van der Waals surface area contributed by atoms with Crippen LogP contribution in [0.5, 0.6) is 0 Å². The summed E-state index contributed by atoms with van der Waals surface area (Å²) in [5, 5.41) is 9.30. The number of carbonyl (C=O) groups is 1. The van der Waals surface area contributed by atoms with Crippen LogP contribution in [-0.4, -0.2) is 27.5 Å². The maximum absolute atomic E-state index is 12.0. The van der Waals surface area contributed by atoms with E-state index in [2.05, 4.69) is 30.9 Å². The molecule has 0 spiro atoms. The van der Waals surface area contributed by atoms with Gasteiger partial charge in [0.05, 0.1) is 0 Å². The molecule has 1 atom stereocenters. The van der Waals surface area contributed by atoms with Crippen molar-refractivity contribution in [3.63, 3.8) is 0 Å². The van der Waals surface area contributed by atoms with E-state index in [0.29, 0.717) is 12.5 Å². The molecule has 0 bridgehead atoms. The molecule has 0 saturated carbocycles. The van der Waals surface area contributed by atoms with Gasteiger partial charge in [0.2, 0.25) is 0 Å². The first kappa shape index (κ1) is 17.8. The fourth-order valence-electron chi connectivity index (χ4n) is 2.02. The third-order valence-electron chi connectivity index (χ3n) is 3.18. The third-order valence-corrected chi connectivity index (χ3v) is 4.48. The van der Waals surface area contributed by atoms with Crippen molar-refractivity contribution in [1.29, 1.82) is 5.26 Å². The molecular formula is C17H23NO2Se. The Hall–Kier alpha value is -1.30. The predicted octanol–water partition coefficient (Wildman–Crippen LogP) is 3.53. The maximum atomic E-state index is 12.0. The van der Waals surface area contributed by atoms with Gasteiger partial charge in [-0.3, -0.25) is 0 Å². The second-order valence-electron chi connectivity index (χ2n) is 5.52. The van der Waals surface area contributed by atoms with Crippen molar-refractivity contribution in [2.75, 3.05) is 6.61 Å². The van der Waals surface area contributed by atoms with Gasteiger partial charge in [0.1, 0.15) is 0 Å². The van der Waals surface area contributed by atoms with Gasteiger partial charge in [-0.15, -0.1) is 0 Å². The van der Waals surface area contributed by atoms with Gasteiger partial charge >= 0.3 is 120 Å². The van der Waals surface area contributed by atoms with Crippen LogP contribution < -0.4 is 0 Å². The van der Waals surface area contributed by atoms with Crippen molar-refractivity contribution < 1.29 is 9.53 Å². The third kappa shape index (κ3) is 6.80. The summed E-state index contributed by atoms with van der Waals surface area (Å²) in [4.78, 5) is 14.1. The minimum atomic E-state index is -0.237. The van der Waals surface area contributed by atoms with Crippen LogP contribution in [-0.2, 0) is 16.0 Å². The Balaban J connectivity index is 2.44. The Morgan fingerprint density at radius 2 is 1.95 bits per heavy atom. The summed E-state index contributed by atoms with van der Waals surface area (Å²) < 4.78 is 5.26.